The van der Waals surface area contributed by atoms with Gasteiger partial charge in [-0.2, -0.15) is 9.78 Å². The summed E-state index contributed by atoms with van der Waals surface area (Å²) < 4.78 is 2.58. The SMILES string of the molecule is Cc1cc(NC(=O)c2ccc(SC(C)C)cc2)n(-c2nc3c(C)ccc(Cl)c3s2)n1. The minimum atomic E-state index is -0.187. The Balaban J connectivity index is 1.63. The standard InChI is InChI=1S/C22H21ClN4OS2/c1-12(2)29-16-8-6-15(7-9-16)21(28)24-18-11-14(4)26-27(18)22-25-19-13(3)5-10-17(23)20(19)30-22/h5-12H,1-4H3,(H,24,28). The Bertz CT molecular complexity index is 1190. The minimum Gasteiger partial charge on any atom is -0.306 e. The fourth-order valence-corrected chi connectivity index (χ4v) is 5.18. The molecule has 2 aromatic carbocycles. The van der Waals surface area contributed by atoms with Crippen molar-refractivity contribution < 1.29 is 4.79 Å². The van der Waals surface area contributed by atoms with Crippen LogP contribution in [0.3, 0.4) is 0 Å². The summed E-state index contributed by atoms with van der Waals surface area (Å²) in [4.78, 5) is 18.7. The summed E-state index contributed by atoms with van der Waals surface area (Å²) in [6.45, 7) is 8.17. The Kier molecular flexibility index (Phi) is 5.86. The molecule has 1 N–H and O–H groups in total. The van der Waals surface area contributed by atoms with Gasteiger partial charge in [0, 0.05) is 21.8 Å². The van der Waals surface area contributed by atoms with Crippen molar-refractivity contribution in [2.45, 2.75) is 37.8 Å². The number of nitrogens with zero attached hydrogens (tertiary/aromatic N) is 3. The largest absolute Gasteiger partial charge is 0.306 e. The lowest BCUT2D eigenvalue weighted by Gasteiger charge is -2.08. The number of anilines is 1. The molecule has 0 aliphatic rings. The maximum absolute atomic E-state index is 12.8. The second-order valence-electron chi connectivity index (χ2n) is 7.27. The molecule has 2 heterocycles. The van der Waals surface area contributed by atoms with Gasteiger partial charge in [0.15, 0.2) is 0 Å². The lowest BCUT2D eigenvalue weighted by atomic mass is 10.2. The summed E-state index contributed by atoms with van der Waals surface area (Å²) in [5.41, 5.74) is 3.28. The average Bonchev–Trinajstić information content (AvgIpc) is 3.29. The number of carbonyl (C=O) groups is 1. The second kappa shape index (κ2) is 8.41. The van der Waals surface area contributed by atoms with Crippen molar-refractivity contribution in [3.05, 3.63) is 64.3 Å². The number of amides is 1. The quantitative estimate of drug-likeness (QED) is 0.348. The van der Waals surface area contributed by atoms with Gasteiger partial charge in [-0.1, -0.05) is 42.9 Å². The highest BCUT2D eigenvalue weighted by Gasteiger charge is 2.17. The zero-order valence-corrected chi connectivity index (χ0v) is 19.5. The van der Waals surface area contributed by atoms with Crippen LogP contribution in [0.4, 0.5) is 5.82 Å². The highest BCUT2D eigenvalue weighted by atomic mass is 35.5. The lowest BCUT2D eigenvalue weighted by Crippen LogP contribution is -2.15. The fourth-order valence-electron chi connectivity index (χ4n) is 3.06. The predicted molar refractivity (Wildman–Crippen MR) is 127 cm³/mol. The van der Waals surface area contributed by atoms with Crippen molar-refractivity contribution in [2.75, 3.05) is 5.32 Å². The van der Waals surface area contributed by atoms with Crippen LogP contribution in [0.25, 0.3) is 15.3 Å². The molecule has 0 spiro atoms. The molecule has 0 saturated heterocycles. The van der Waals surface area contributed by atoms with Gasteiger partial charge >= 0.3 is 0 Å². The highest BCUT2D eigenvalue weighted by molar-refractivity contribution is 7.99. The number of hydrogen-bond donors (Lipinski definition) is 1. The topological polar surface area (TPSA) is 59.8 Å². The molecular weight excluding hydrogens is 436 g/mol. The number of fused-ring (bicyclic) bond motifs is 1. The summed E-state index contributed by atoms with van der Waals surface area (Å²) in [5, 5.41) is 9.32. The Hall–Kier alpha value is -2.35. The van der Waals surface area contributed by atoms with Crippen molar-refractivity contribution in [1.82, 2.24) is 14.8 Å². The van der Waals surface area contributed by atoms with Gasteiger partial charge in [0.1, 0.15) is 5.82 Å². The third kappa shape index (κ3) is 4.24. The Morgan fingerprint density at radius 2 is 1.90 bits per heavy atom. The van der Waals surface area contributed by atoms with Gasteiger partial charge in [-0.25, -0.2) is 4.98 Å². The van der Waals surface area contributed by atoms with Gasteiger partial charge in [0.25, 0.3) is 5.91 Å². The molecule has 0 bridgehead atoms. The molecule has 0 radical (unpaired) electrons. The van der Waals surface area contributed by atoms with E-state index >= 15 is 0 Å². The first kappa shape index (κ1) is 20.9. The second-order valence-corrected chi connectivity index (χ2v) is 10.3. The van der Waals surface area contributed by atoms with E-state index in [-0.39, 0.29) is 5.91 Å². The van der Waals surface area contributed by atoms with Crippen LogP contribution >= 0.6 is 34.7 Å². The van der Waals surface area contributed by atoms with Crippen molar-refractivity contribution >= 4 is 56.6 Å². The highest BCUT2D eigenvalue weighted by Crippen LogP contribution is 2.34. The molecule has 0 saturated carbocycles. The van der Waals surface area contributed by atoms with E-state index in [1.54, 1.807) is 16.4 Å². The van der Waals surface area contributed by atoms with Crippen LogP contribution in [0.2, 0.25) is 5.02 Å². The summed E-state index contributed by atoms with van der Waals surface area (Å²) in [6.07, 6.45) is 0. The molecule has 0 atom stereocenters. The number of rotatable bonds is 5. The Labute approximate surface area is 188 Å². The van der Waals surface area contributed by atoms with E-state index in [4.69, 9.17) is 16.6 Å². The van der Waals surface area contributed by atoms with Crippen LogP contribution in [0.1, 0.15) is 35.5 Å². The summed E-state index contributed by atoms with van der Waals surface area (Å²) in [5.74, 6) is 0.388. The number of aromatic nitrogens is 3. The molecule has 0 unspecified atom stereocenters. The van der Waals surface area contributed by atoms with Crippen LogP contribution < -0.4 is 5.32 Å². The monoisotopic (exact) mass is 456 g/mol. The average molecular weight is 457 g/mol. The van der Waals surface area contributed by atoms with E-state index in [1.807, 2.05) is 56.3 Å². The molecule has 2 aromatic heterocycles. The van der Waals surface area contributed by atoms with Gasteiger partial charge in [-0.05, 0) is 49.7 Å². The zero-order chi connectivity index (χ0) is 21.4. The van der Waals surface area contributed by atoms with Gasteiger partial charge < -0.3 is 5.32 Å². The molecule has 1 amide bonds. The molecule has 0 aliphatic heterocycles. The first-order chi connectivity index (χ1) is 14.3. The van der Waals surface area contributed by atoms with Crippen LogP contribution in [-0.4, -0.2) is 25.9 Å². The van der Waals surface area contributed by atoms with Crippen molar-refractivity contribution in [3.8, 4) is 5.13 Å². The van der Waals surface area contributed by atoms with Crippen LogP contribution in [0.5, 0.6) is 0 Å². The number of thiazole rings is 1. The number of carbonyl (C=O) groups excluding carboxylic acids is 1. The summed E-state index contributed by atoms with van der Waals surface area (Å²) in [7, 11) is 0. The maximum Gasteiger partial charge on any atom is 0.256 e. The number of benzene rings is 2. The van der Waals surface area contributed by atoms with Gasteiger partial charge in [-0.15, -0.1) is 11.8 Å². The Morgan fingerprint density at radius 1 is 1.17 bits per heavy atom. The molecule has 4 aromatic rings. The van der Waals surface area contributed by atoms with E-state index in [2.05, 4.69) is 24.3 Å². The van der Waals surface area contributed by atoms with E-state index < -0.39 is 0 Å². The normalized spacial score (nSPS) is 11.4. The van der Waals surface area contributed by atoms with E-state index in [9.17, 15) is 4.79 Å². The fraction of sp³-hybridized carbons (Fsp3) is 0.227. The third-order valence-corrected chi connectivity index (χ3v) is 6.94. The van der Waals surface area contributed by atoms with Crippen molar-refractivity contribution in [3.63, 3.8) is 0 Å². The minimum absolute atomic E-state index is 0.187. The molecular formula is C22H21ClN4OS2. The van der Waals surface area contributed by atoms with E-state index in [0.717, 1.165) is 26.4 Å². The number of thioether (sulfide) groups is 1. The van der Waals surface area contributed by atoms with E-state index in [0.29, 0.717) is 26.8 Å². The molecule has 5 nitrogen and oxygen atoms in total. The number of nitrogens with one attached hydrogen (secondary N) is 1. The molecule has 0 fully saturated rings. The molecule has 0 aliphatic carbocycles. The zero-order valence-electron chi connectivity index (χ0n) is 17.1. The molecule has 4 rings (SSSR count). The van der Waals surface area contributed by atoms with E-state index in [1.165, 1.54) is 11.3 Å². The van der Waals surface area contributed by atoms with Crippen LogP contribution in [0.15, 0.2) is 47.4 Å². The Morgan fingerprint density at radius 3 is 2.57 bits per heavy atom. The first-order valence-corrected chi connectivity index (χ1v) is 11.6. The molecule has 8 heteroatoms. The van der Waals surface area contributed by atoms with Gasteiger partial charge in [-0.3, -0.25) is 4.79 Å². The number of hydrogen-bond acceptors (Lipinski definition) is 5. The lowest BCUT2D eigenvalue weighted by molar-refractivity contribution is 0.102. The first-order valence-electron chi connectivity index (χ1n) is 9.52. The molecule has 154 valence electrons. The maximum atomic E-state index is 12.8. The van der Waals surface area contributed by atoms with Crippen LogP contribution in [0, 0.1) is 13.8 Å². The summed E-state index contributed by atoms with van der Waals surface area (Å²) >= 11 is 9.57. The van der Waals surface area contributed by atoms with Crippen molar-refractivity contribution in [2.24, 2.45) is 0 Å². The third-order valence-electron chi connectivity index (χ3n) is 4.43. The predicted octanol–water partition coefficient (Wildman–Crippen LogP) is 6.51. The van der Waals surface area contributed by atoms with Gasteiger partial charge in [0.2, 0.25) is 5.13 Å². The van der Waals surface area contributed by atoms with Crippen LogP contribution in [-0.2, 0) is 0 Å². The molecule has 30 heavy (non-hydrogen) atoms. The summed E-state index contributed by atoms with van der Waals surface area (Å²) in [6, 6.07) is 13.3. The van der Waals surface area contributed by atoms with Crippen molar-refractivity contribution in [1.29, 1.82) is 0 Å². The number of halogens is 1. The van der Waals surface area contributed by atoms with Gasteiger partial charge in [0.05, 0.1) is 20.9 Å². The number of aryl methyl sites for hydroxylation is 2. The smallest absolute Gasteiger partial charge is 0.256 e.